The quantitative estimate of drug-likeness (QED) is 0.221. The average molecular weight is 457 g/mol. The molecule has 0 unspecified atom stereocenters. The molecule has 0 saturated heterocycles. The summed E-state index contributed by atoms with van der Waals surface area (Å²) in [5.41, 5.74) is 1.68. The maximum Gasteiger partial charge on any atom is 0.321 e. The molecule has 0 amide bonds. The van der Waals surface area contributed by atoms with Crippen LogP contribution in [-0.2, 0) is 4.79 Å². The van der Waals surface area contributed by atoms with Crippen molar-refractivity contribution in [3.63, 3.8) is 0 Å². The lowest BCUT2D eigenvalue weighted by atomic mass is 10.2. The summed E-state index contributed by atoms with van der Waals surface area (Å²) < 4.78 is 7.22. The van der Waals surface area contributed by atoms with Crippen molar-refractivity contribution >= 4 is 40.9 Å². The zero-order chi connectivity index (χ0) is 20.9. The van der Waals surface area contributed by atoms with Crippen LogP contribution in [0.1, 0.15) is 0 Å². The van der Waals surface area contributed by atoms with Gasteiger partial charge >= 0.3 is 5.97 Å². The standard InChI is InChI=1S/C21H14Cl2N4O2S/c22-16-9-4-10-17(19(16)23)29-18(28)13-30-21-26-25-20(14-6-5-11-24-12-14)27(21)15-7-2-1-3-8-15/h1-12H,13H2. The third-order valence-electron chi connectivity index (χ3n) is 4.03. The van der Waals surface area contributed by atoms with Crippen molar-refractivity contribution in [1.29, 1.82) is 0 Å². The van der Waals surface area contributed by atoms with Crippen molar-refractivity contribution in [1.82, 2.24) is 19.7 Å². The van der Waals surface area contributed by atoms with Gasteiger partial charge in [0.15, 0.2) is 16.7 Å². The number of benzene rings is 2. The number of aromatic nitrogens is 4. The van der Waals surface area contributed by atoms with E-state index in [1.165, 1.54) is 11.8 Å². The zero-order valence-electron chi connectivity index (χ0n) is 15.4. The molecule has 2 heterocycles. The van der Waals surface area contributed by atoms with Crippen LogP contribution in [0.2, 0.25) is 10.0 Å². The molecule has 4 rings (SSSR count). The molecule has 9 heteroatoms. The monoisotopic (exact) mass is 456 g/mol. The van der Waals surface area contributed by atoms with E-state index in [4.69, 9.17) is 27.9 Å². The summed E-state index contributed by atoms with van der Waals surface area (Å²) in [6, 6.07) is 18.3. The molecular formula is C21H14Cl2N4O2S. The molecule has 2 aromatic heterocycles. The highest BCUT2D eigenvalue weighted by Crippen LogP contribution is 2.32. The molecule has 0 fully saturated rings. The number of halogens is 2. The summed E-state index contributed by atoms with van der Waals surface area (Å²) in [4.78, 5) is 16.5. The number of rotatable bonds is 6. The number of carbonyl (C=O) groups excluding carboxylic acids is 1. The highest BCUT2D eigenvalue weighted by atomic mass is 35.5. The lowest BCUT2D eigenvalue weighted by Crippen LogP contribution is -2.12. The van der Waals surface area contributed by atoms with E-state index >= 15 is 0 Å². The summed E-state index contributed by atoms with van der Waals surface area (Å²) in [5, 5.41) is 9.65. The van der Waals surface area contributed by atoms with E-state index in [0.29, 0.717) is 16.0 Å². The first-order valence-corrected chi connectivity index (χ1v) is 10.6. The number of para-hydroxylation sites is 1. The second kappa shape index (κ2) is 9.30. The number of pyridine rings is 1. The van der Waals surface area contributed by atoms with Crippen molar-refractivity contribution in [2.24, 2.45) is 0 Å². The van der Waals surface area contributed by atoms with Gasteiger partial charge in [-0.25, -0.2) is 0 Å². The van der Waals surface area contributed by atoms with E-state index in [9.17, 15) is 4.79 Å². The van der Waals surface area contributed by atoms with E-state index in [-0.39, 0.29) is 16.5 Å². The van der Waals surface area contributed by atoms with E-state index in [1.807, 2.05) is 47.0 Å². The second-order valence-electron chi connectivity index (χ2n) is 6.03. The first-order valence-electron chi connectivity index (χ1n) is 8.82. The molecule has 150 valence electrons. The summed E-state index contributed by atoms with van der Waals surface area (Å²) >= 11 is 13.3. The first-order chi connectivity index (χ1) is 14.6. The van der Waals surface area contributed by atoms with E-state index in [1.54, 1.807) is 30.6 Å². The Labute approximate surface area is 186 Å². The Bertz CT molecular complexity index is 1170. The Balaban J connectivity index is 1.58. The van der Waals surface area contributed by atoms with E-state index in [0.717, 1.165) is 11.3 Å². The highest BCUT2D eigenvalue weighted by Gasteiger charge is 2.18. The minimum atomic E-state index is -0.477. The fourth-order valence-corrected chi connectivity index (χ4v) is 3.75. The topological polar surface area (TPSA) is 69.9 Å². The Kier molecular flexibility index (Phi) is 6.32. The maximum atomic E-state index is 12.4. The van der Waals surface area contributed by atoms with E-state index < -0.39 is 5.97 Å². The van der Waals surface area contributed by atoms with Crippen LogP contribution < -0.4 is 4.74 Å². The SMILES string of the molecule is O=C(CSc1nnc(-c2cccnc2)n1-c1ccccc1)Oc1cccc(Cl)c1Cl. The van der Waals surface area contributed by atoms with Crippen LogP contribution in [0.25, 0.3) is 17.1 Å². The molecule has 4 aromatic rings. The molecule has 6 nitrogen and oxygen atoms in total. The molecule has 0 aliphatic rings. The van der Waals surface area contributed by atoms with Crippen molar-refractivity contribution < 1.29 is 9.53 Å². The van der Waals surface area contributed by atoms with Crippen LogP contribution in [0.4, 0.5) is 0 Å². The number of nitrogens with zero attached hydrogens (tertiary/aromatic N) is 4. The fourth-order valence-electron chi connectivity index (χ4n) is 2.69. The lowest BCUT2D eigenvalue weighted by molar-refractivity contribution is -0.131. The minimum absolute atomic E-state index is 0.0147. The second-order valence-corrected chi connectivity index (χ2v) is 7.76. The Hall–Kier alpha value is -2.87. The molecular weight excluding hydrogens is 443 g/mol. The molecule has 0 aliphatic heterocycles. The summed E-state index contributed by atoms with van der Waals surface area (Å²) in [6.45, 7) is 0. The van der Waals surface area contributed by atoms with Crippen molar-refractivity contribution in [3.8, 4) is 22.8 Å². The molecule has 0 atom stereocenters. The molecule has 0 saturated carbocycles. The summed E-state index contributed by atoms with van der Waals surface area (Å²) in [7, 11) is 0. The molecule has 0 bridgehead atoms. The fraction of sp³-hybridized carbons (Fsp3) is 0.0476. The smallest absolute Gasteiger partial charge is 0.321 e. The molecule has 30 heavy (non-hydrogen) atoms. The van der Waals surface area contributed by atoms with Crippen LogP contribution in [0, 0.1) is 0 Å². The number of esters is 1. The number of thioether (sulfide) groups is 1. The largest absolute Gasteiger partial charge is 0.424 e. The van der Waals surface area contributed by atoms with Gasteiger partial charge in [-0.15, -0.1) is 10.2 Å². The maximum absolute atomic E-state index is 12.4. The van der Waals surface area contributed by atoms with Gasteiger partial charge < -0.3 is 4.74 Å². The third-order valence-corrected chi connectivity index (χ3v) is 5.73. The molecule has 0 radical (unpaired) electrons. The minimum Gasteiger partial charge on any atom is -0.424 e. The summed E-state index contributed by atoms with van der Waals surface area (Å²) in [5.74, 6) is 0.383. The Morgan fingerprint density at radius 2 is 1.83 bits per heavy atom. The lowest BCUT2D eigenvalue weighted by Gasteiger charge is -2.10. The molecule has 0 N–H and O–H groups in total. The van der Waals surface area contributed by atoms with Crippen LogP contribution in [0.15, 0.2) is 78.2 Å². The van der Waals surface area contributed by atoms with Crippen LogP contribution >= 0.6 is 35.0 Å². The van der Waals surface area contributed by atoms with Crippen molar-refractivity contribution in [2.45, 2.75) is 5.16 Å². The predicted octanol–water partition coefficient (Wildman–Crippen LogP) is 5.33. The normalized spacial score (nSPS) is 10.7. The van der Waals surface area contributed by atoms with E-state index in [2.05, 4.69) is 15.2 Å². The van der Waals surface area contributed by atoms with Gasteiger partial charge in [0, 0.05) is 23.6 Å². The number of hydrogen-bond donors (Lipinski definition) is 0. The average Bonchev–Trinajstić information content (AvgIpc) is 3.21. The third kappa shape index (κ3) is 4.48. The predicted molar refractivity (Wildman–Crippen MR) is 117 cm³/mol. The zero-order valence-corrected chi connectivity index (χ0v) is 17.7. The van der Waals surface area contributed by atoms with Crippen molar-refractivity contribution in [3.05, 3.63) is 83.1 Å². The van der Waals surface area contributed by atoms with Gasteiger partial charge in [-0.3, -0.25) is 14.3 Å². The first kappa shape index (κ1) is 20.4. The molecule has 0 spiro atoms. The van der Waals surface area contributed by atoms with Gasteiger partial charge in [0.25, 0.3) is 0 Å². The number of hydrogen-bond acceptors (Lipinski definition) is 6. The number of carbonyl (C=O) groups is 1. The highest BCUT2D eigenvalue weighted by molar-refractivity contribution is 7.99. The van der Waals surface area contributed by atoms with Gasteiger partial charge in [0.1, 0.15) is 5.02 Å². The molecule has 0 aliphatic carbocycles. The van der Waals surface area contributed by atoms with Gasteiger partial charge in [0.05, 0.1) is 10.8 Å². The van der Waals surface area contributed by atoms with Crippen molar-refractivity contribution in [2.75, 3.05) is 5.75 Å². The molecule has 2 aromatic carbocycles. The van der Waals surface area contributed by atoms with Crippen LogP contribution in [-0.4, -0.2) is 31.5 Å². The van der Waals surface area contributed by atoms with Gasteiger partial charge in [-0.1, -0.05) is 59.2 Å². The number of ether oxygens (including phenoxy) is 1. The van der Waals surface area contributed by atoms with Crippen LogP contribution in [0.3, 0.4) is 0 Å². The summed E-state index contributed by atoms with van der Waals surface area (Å²) in [6.07, 6.45) is 3.41. The Morgan fingerprint density at radius 1 is 1.00 bits per heavy atom. The van der Waals surface area contributed by atoms with Gasteiger partial charge in [-0.2, -0.15) is 0 Å². The van der Waals surface area contributed by atoms with Gasteiger partial charge in [0.2, 0.25) is 0 Å². The Morgan fingerprint density at radius 3 is 2.60 bits per heavy atom. The van der Waals surface area contributed by atoms with Crippen LogP contribution in [0.5, 0.6) is 5.75 Å². The van der Waals surface area contributed by atoms with Gasteiger partial charge in [-0.05, 0) is 36.4 Å².